The molecule has 0 unspecified atom stereocenters. The highest BCUT2D eigenvalue weighted by molar-refractivity contribution is 5.96. The molecular formula is C15H14N6O4. The molecule has 0 aliphatic carbocycles. The van der Waals surface area contributed by atoms with Gasteiger partial charge in [0.25, 0.3) is 11.6 Å². The SMILES string of the molecule is O=[N+]([O-])NC1=NCN(c2cccc([N+](=O)[O-])c2)CN1c1ccccc1. The van der Waals surface area contributed by atoms with Gasteiger partial charge in [0.05, 0.1) is 11.6 Å². The van der Waals surface area contributed by atoms with E-state index in [1.54, 1.807) is 34.1 Å². The molecule has 0 aromatic heterocycles. The van der Waals surface area contributed by atoms with E-state index in [1.165, 1.54) is 12.1 Å². The number of nitrogens with one attached hydrogen (secondary N) is 1. The Bertz CT molecular complexity index is 826. The fourth-order valence-corrected chi connectivity index (χ4v) is 2.48. The van der Waals surface area contributed by atoms with Gasteiger partial charge in [-0.3, -0.25) is 15.0 Å². The first kappa shape index (κ1) is 16.2. The summed E-state index contributed by atoms with van der Waals surface area (Å²) in [5.41, 5.74) is 3.39. The lowest BCUT2D eigenvalue weighted by Crippen LogP contribution is -2.53. The van der Waals surface area contributed by atoms with Crippen molar-refractivity contribution in [1.29, 1.82) is 0 Å². The molecule has 0 saturated heterocycles. The first-order valence-electron chi connectivity index (χ1n) is 7.32. The smallest absolute Gasteiger partial charge is 0.271 e. The maximum absolute atomic E-state index is 11.0. The summed E-state index contributed by atoms with van der Waals surface area (Å²) in [6.07, 6.45) is 0. The number of rotatable bonds is 4. The van der Waals surface area contributed by atoms with Crippen LogP contribution >= 0.6 is 0 Å². The highest BCUT2D eigenvalue weighted by Gasteiger charge is 2.25. The molecule has 1 aliphatic rings. The van der Waals surface area contributed by atoms with Crippen LogP contribution in [0.2, 0.25) is 0 Å². The fourth-order valence-electron chi connectivity index (χ4n) is 2.48. The zero-order valence-corrected chi connectivity index (χ0v) is 13.0. The van der Waals surface area contributed by atoms with Crippen molar-refractivity contribution in [3.05, 3.63) is 74.8 Å². The first-order chi connectivity index (χ1) is 12.0. The summed E-state index contributed by atoms with van der Waals surface area (Å²) < 4.78 is 0. The largest absolute Gasteiger partial charge is 0.333 e. The van der Waals surface area contributed by atoms with Crippen molar-refractivity contribution in [2.24, 2.45) is 4.99 Å². The number of benzene rings is 2. The number of hydrogen-bond acceptors (Lipinski definition) is 7. The van der Waals surface area contributed by atoms with Crippen LogP contribution in [-0.4, -0.2) is 29.3 Å². The van der Waals surface area contributed by atoms with E-state index in [0.717, 1.165) is 0 Å². The summed E-state index contributed by atoms with van der Waals surface area (Å²) in [7, 11) is 0. The van der Waals surface area contributed by atoms with Crippen molar-refractivity contribution in [1.82, 2.24) is 5.43 Å². The number of hydrogen-bond donors (Lipinski definition) is 1. The highest BCUT2D eigenvalue weighted by atomic mass is 16.7. The molecule has 0 fully saturated rings. The molecule has 3 rings (SSSR count). The van der Waals surface area contributed by atoms with Crippen LogP contribution in [0, 0.1) is 20.2 Å². The summed E-state index contributed by atoms with van der Waals surface area (Å²) in [6.45, 7) is 0.394. The summed E-state index contributed by atoms with van der Waals surface area (Å²) in [6, 6.07) is 15.2. The number of hydrazine groups is 1. The average molecular weight is 342 g/mol. The fraction of sp³-hybridized carbons (Fsp3) is 0.133. The van der Waals surface area contributed by atoms with Crippen molar-refractivity contribution in [2.75, 3.05) is 23.1 Å². The number of nitro benzene ring substituents is 1. The maximum atomic E-state index is 11.0. The van der Waals surface area contributed by atoms with E-state index in [9.17, 15) is 20.2 Å². The average Bonchev–Trinajstić information content (AvgIpc) is 2.62. The molecule has 2 aromatic carbocycles. The number of nitrogens with zero attached hydrogens (tertiary/aromatic N) is 5. The lowest BCUT2D eigenvalue weighted by molar-refractivity contribution is -0.525. The Balaban J connectivity index is 1.92. The molecule has 0 saturated carbocycles. The van der Waals surface area contributed by atoms with Gasteiger partial charge in [0.2, 0.25) is 0 Å². The third kappa shape index (κ3) is 3.63. The van der Waals surface area contributed by atoms with Gasteiger partial charge in [-0.25, -0.2) is 15.1 Å². The minimum atomic E-state index is -0.669. The van der Waals surface area contributed by atoms with Gasteiger partial charge in [-0.05, 0) is 18.2 Å². The van der Waals surface area contributed by atoms with Crippen LogP contribution in [0.15, 0.2) is 59.6 Å². The molecular weight excluding hydrogens is 328 g/mol. The normalized spacial score (nSPS) is 14.0. The van der Waals surface area contributed by atoms with Crippen molar-refractivity contribution >= 4 is 23.0 Å². The van der Waals surface area contributed by atoms with Gasteiger partial charge in [0.1, 0.15) is 6.67 Å². The molecule has 0 atom stereocenters. The molecule has 1 heterocycles. The quantitative estimate of drug-likeness (QED) is 0.666. The first-order valence-corrected chi connectivity index (χ1v) is 7.32. The van der Waals surface area contributed by atoms with Gasteiger partial charge < -0.3 is 4.90 Å². The number of nitro groups is 2. The summed E-state index contributed by atoms with van der Waals surface area (Å²) in [4.78, 5) is 28.9. The number of aliphatic imine (C=N–C) groups is 1. The Morgan fingerprint density at radius 1 is 1.00 bits per heavy atom. The third-order valence-electron chi connectivity index (χ3n) is 3.62. The molecule has 0 radical (unpaired) electrons. The van der Waals surface area contributed by atoms with Gasteiger partial charge in [0.15, 0.2) is 5.03 Å². The molecule has 2 aromatic rings. The number of non-ortho nitro benzene ring substituents is 1. The van der Waals surface area contributed by atoms with Gasteiger partial charge in [-0.1, -0.05) is 29.7 Å². The van der Waals surface area contributed by atoms with Crippen LogP contribution in [0.1, 0.15) is 0 Å². The minimum Gasteiger partial charge on any atom is -0.333 e. The standard InChI is InChI=1S/C15H14N6O4/c22-20(23)14-8-4-7-13(9-14)18-10-16-15(17-21(24)25)19(11-18)12-5-2-1-3-6-12/h1-9H,10-11H2,(H,16,17). The van der Waals surface area contributed by atoms with Crippen molar-refractivity contribution in [3.8, 4) is 0 Å². The zero-order valence-electron chi connectivity index (χ0n) is 13.0. The van der Waals surface area contributed by atoms with Gasteiger partial charge in [-0.15, -0.1) is 0 Å². The lowest BCUT2D eigenvalue weighted by atomic mass is 10.2. The maximum Gasteiger partial charge on any atom is 0.271 e. The monoisotopic (exact) mass is 342 g/mol. The van der Waals surface area contributed by atoms with Gasteiger partial charge >= 0.3 is 0 Å². The third-order valence-corrected chi connectivity index (χ3v) is 3.62. The van der Waals surface area contributed by atoms with Crippen molar-refractivity contribution in [3.63, 3.8) is 0 Å². The minimum absolute atomic E-state index is 0.0260. The second-order valence-electron chi connectivity index (χ2n) is 5.21. The zero-order chi connectivity index (χ0) is 17.8. The Kier molecular flexibility index (Phi) is 4.42. The van der Waals surface area contributed by atoms with E-state index in [1.807, 2.05) is 18.2 Å². The Hall–Kier alpha value is -3.69. The molecule has 25 heavy (non-hydrogen) atoms. The van der Waals surface area contributed by atoms with E-state index in [4.69, 9.17) is 0 Å². The van der Waals surface area contributed by atoms with E-state index >= 15 is 0 Å². The number of para-hydroxylation sites is 1. The van der Waals surface area contributed by atoms with E-state index in [-0.39, 0.29) is 25.0 Å². The number of guanidine groups is 1. The molecule has 0 bridgehead atoms. The van der Waals surface area contributed by atoms with E-state index < -0.39 is 9.96 Å². The predicted octanol–water partition coefficient (Wildman–Crippen LogP) is 1.97. The molecule has 1 aliphatic heterocycles. The second kappa shape index (κ2) is 6.83. The Labute approximate surface area is 142 Å². The highest BCUT2D eigenvalue weighted by Crippen LogP contribution is 2.24. The van der Waals surface area contributed by atoms with Crippen molar-refractivity contribution < 1.29 is 9.96 Å². The molecule has 10 nitrogen and oxygen atoms in total. The summed E-state index contributed by atoms with van der Waals surface area (Å²) >= 11 is 0. The van der Waals surface area contributed by atoms with Crippen LogP contribution in [0.5, 0.6) is 0 Å². The van der Waals surface area contributed by atoms with Crippen molar-refractivity contribution in [2.45, 2.75) is 0 Å². The molecule has 128 valence electrons. The van der Waals surface area contributed by atoms with Crippen LogP contribution < -0.4 is 15.2 Å². The lowest BCUT2D eigenvalue weighted by Gasteiger charge is -2.35. The van der Waals surface area contributed by atoms with Crippen LogP contribution in [0.3, 0.4) is 0 Å². The van der Waals surface area contributed by atoms with Gasteiger partial charge in [-0.2, -0.15) is 0 Å². The summed E-state index contributed by atoms with van der Waals surface area (Å²) in [5, 5.41) is 21.1. The van der Waals surface area contributed by atoms with E-state index in [2.05, 4.69) is 10.4 Å². The molecule has 10 heteroatoms. The van der Waals surface area contributed by atoms with Gasteiger partial charge in [0, 0.05) is 23.5 Å². The second-order valence-corrected chi connectivity index (χ2v) is 5.21. The topological polar surface area (TPSA) is 117 Å². The van der Waals surface area contributed by atoms with Crippen LogP contribution in [-0.2, 0) is 0 Å². The van der Waals surface area contributed by atoms with Crippen LogP contribution in [0.4, 0.5) is 17.1 Å². The number of anilines is 2. The molecule has 0 spiro atoms. The Morgan fingerprint density at radius 3 is 2.40 bits per heavy atom. The molecule has 0 amide bonds. The predicted molar refractivity (Wildman–Crippen MR) is 91.8 cm³/mol. The summed E-state index contributed by atoms with van der Waals surface area (Å²) in [5.74, 6) is 0.109. The molecule has 1 N–H and O–H groups in total. The Morgan fingerprint density at radius 2 is 1.72 bits per heavy atom. The van der Waals surface area contributed by atoms with Crippen LogP contribution in [0.25, 0.3) is 0 Å². The van der Waals surface area contributed by atoms with E-state index in [0.29, 0.717) is 11.4 Å².